The summed E-state index contributed by atoms with van der Waals surface area (Å²) < 4.78 is 9.90. The van der Waals surface area contributed by atoms with Crippen LogP contribution in [0.15, 0.2) is 12.1 Å². The van der Waals surface area contributed by atoms with Gasteiger partial charge in [-0.25, -0.2) is 0 Å². The Hall–Kier alpha value is -2.90. The smallest absolute Gasteiger partial charge is 0.318 e. The van der Waals surface area contributed by atoms with Crippen LogP contribution in [0, 0.1) is 11.8 Å². The predicted molar refractivity (Wildman–Crippen MR) is 91.4 cm³/mol. The van der Waals surface area contributed by atoms with E-state index >= 15 is 0 Å². The summed E-state index contributed by atoms with van der Waals surface area (Å²) >= 11 is 0. The SMILES string of the molecule is CCOC(=O)[C@@H]1Cc2cc3c(cc2NC1=O)NC(=O)[C@H](C(=O)OCC)C3. The van der Waals surface area contributed by atoms with Gasteiger partial charge in [-0.3, -0.25) is 19.2 Å². The summed E-state index contributed by atoms with van der Waals surface area (Å²) in [5.74, 6) is -3.79. The number of carbonyl (C=O) groups is 4. The Morgan fingerprint density at radius 1 is 0.885 bits per heavy atom. The molecule has 2 N–H and O–H groups in total. The lowest BCUT2D eigenvalue weighted by atomic mass is 9.87. The first-order valence-electron chi connectivity index (χ1n) is 8.55. The summed E-state index contributed by atoms with van der Waals surface area (Å²) in [5.41, 5.74) is 2.62. The number of esters is 2. The standard InChI is InChI=1S/C18H20N2O6/c1-3-25-17(23)11-6-9-5-10-7-12(18(24)26-4-2)16(22)20-14(10)8-13(9)19-15(11)21/h5,8,11-12H,3-4,6-7H2,1-2H3,(H,19,21)(H,20,22)/t11-,12-/m1/s1. The topological polar surface area (TPSA) is 111 Å². The van der Waals surface area contributed by atoms with Gasteiger partial charge in [0.2, 0.25) is 11.8 Å². The molecule has 138 valence electrons. The quantitative estimate of drug-likeness (QED) is 0.613. The van der Waals surface area contributed by atoms with Gasteiger partial charge < -0.3 is 20.1 Å². The second kappa shape index (κ2) is 7.15. The van der Waals surface area contributed by atoms with Crippen LogP contribution in [0.3, 0.4) is 0 Å². The van der Waals surface area contributed by atoms with Crippen LogP contribution in [-0.4, -0.2) is 37.0 Å². The number of ether oxygens (including phenoxy) is 2. The summed E-state index contributed by atoms with van der Waals surface area (Å²) in [5, 5.41) is 5.37. The molecule has 1 aromatic rings. The third kappa shape index (κ3) is 3.26. The summed E-state index contributed by atoms with van der Waals surface area (Å²) in [7, 11) is 0. The lowest BCUT2D eigenvalue weighted by Gasteiger charge is -2.28. The van der Waals surface area contributed by atoms with Crippen molar-refractivity contribution in [1.82, 2.24) is 0 Å². The molecule has 1 aromatic carbocycles. The highest BCUT2D eigenvalue weighted by Gasteiger charge is 2.37. The second-order valence-electron chi connectivity index (χ2n) is 6.16. The summed E-state index contributed by atoms with van der Waals surface area (Å²) in [6.07, 6.45) is 0.427. The number of amides is 2. The number of carbonyl (C=O) groups excluding carboxylic acids is 4. The van der Waals surface area contributed by atoms with E-state index in [0.717, 1.165) is 11.1 Å². The Morgan fingerprint density at radius 3 is 1.69 bits per heavy atom. The van der Waals surface area contributed by atoms with Crippen molar-refractivity contribution in [3.63, 3.8) is 0 Å². The summed E-state index contributed by atoms with van der Waals surface area (Å²) in [6, 6.07) is 3.46. The third-order valence-corrected chi connectivity index (χ3v) is 4.47. The minimum atomic E-state index is -0.903. The zero-order valence-corrected chi connectivity index (χ0v) is 14.6. The zero-order valence-electron chi connectivity index (χ0n) is 14.6. The number of hydrogen-bond donors (Lipinski definition) is 2. The van der Waals surface area contributed by atoms with Gasteiger partial charge in [-0.05, 0) is 43.9 Å². The third-order valence-electron chi connectivity index (χ3n) is 4.47. The molecule has 0 saturated carbocycles. The Bertz CT molecular complexity index is 727. The van der Waals surface area contributed by atoms with E-state index in [0.29, 0.717) is 11.4 Å². The van der Waals surface area contributed by atoms with Gasteiger partial charge in [-0.2, -0.15) is 0 Å². The fourth-order valence-corrected chi connectivity index (χ4v) is 3.20. The normalized spacial score (nSPS) is 21.0. The van der Waals surface area contributed by atoms with Gasteiger partial charge in [0.25, 0.3) is 0 Å². The number of hydrogen-bond acceptors (Lipinski definition) is 6. The van der Waals surface area contributed by atoms with Crippen molar-refractivity contribution in [2.75, 3.05) is 23.8 Å². The Labute approximate surface area is 150 Å². The highest BCUT2D eigenvalue weighted by Crippen LogP contribution is 2.35. The highest BCUT2D eigenvalue weighted by molar-refractivity contribution is 6.09. The lowest BCUT2D eigenvalue weighted by Crippen LogP contribution is -2.38. The maximum atomic E-state index is 12.2. The average Bonchev–Trinajstić information content (AvgIpc) is 2.59. The van der Waals surface area contributed by atoms with E-state index in [-0.39, 0.29) is 26.1 Å². The van der Waals surface area contributed by atoms with E-state index in [9.17, 15) is 19.2 Å². The molecule has 3 rings (SSSR count). The van der Waals surface area contributed by atoms with Crippen molar-refractivity contribution in [3.05, 3.63) is 23.3 Å². The van der Waals surface area contributed by atoms with Crippen LogP contribution in [0.2, 0.25) is 0 Å². The zero-order chi connectivity index (χ0) is 18.8. The van der Waals surface area contributed by atoms with Crippen molar-refractivity contribution in [2.24, 2.45) is 11.8 Å². The van der Waals surface area contributed by atoms with Crippen LogP contribution >= 0.6 is 0 Å². The van der Waals surface area contributed by atoms with Crippen LogP contribution in [0.25, 0.3) is 0 Å². The van der Waals surface area contributed by atoms with Gasteiger partial charge >= 0.3 is 11.9 Å². The largest absolute Gasteiger partial charge is 0.465 e. The number of nitrogens with one attached hydrogen (secondary N) is 2. The molecule has 0 aromatic heterocycles. The first kappa shape index (κ1) is 17.9. The van der Waals surface area contributed by atoms with E-state index in [2.05, 4.69) is 10.6 Å². The van der Waals surface area contributed by atoms with Crippen molar-refractivity contribution in [3.8, 4) is 0 Å². The first-order chi connectivity index (χ1) is 12.4. The number of rotatable bonds is 4. The molecule has 8 heteroatoms. The first-order valence-corrected chi connectivity index (χ1v) is 8.55. The Morgan fingerprint density at radius 2 is 1.31 bits per heavy atom. The number of anilines is 2. The monoisotopic (exact) mass is 360 g/mol. The molecular weight excluding hydrogens is 340 g/mol. The molecule has 2 heterocycles. The predicted octanol–water partition coefficient (Wildman–Crippen LogP) is 1.03. The second-order valence-corrected chi connectivity index (χ2v) is 6.16. The average molecular weight is 360 g/mol. The number of benzene rings is 1. The molecule has 2 atom stereocenters. The van der Waals surface area contributed by atoms with Gasteiger partial charge in [-0.15, -0.1) is 0 Å². The summed E-state index contributed by atoms with van der Waals surface area (Å²) in [4.78, 5) is 48.2. The molecule has 8 nitrogen and oxygen atoms in total. The maximum Gasteiger partial charge on any atom is 0.318 e. The number of fused-ring (bicyclic) bond motifs is 2. The highest BCUT2D eigenvalue weighted by atomic mass is 16.5. The fraction of sp³-hybridized carbons (Fsp3) is 0.444. The van der Waals surface area contributed by atoms with E-state index in [1.807, 2.05) is 6.07 Å². The molecule has 2 aliphatic heterocycles. The summed E-state index contributed by atoms with van der Waals surface area (Å²) in [6.45, 7) is 3.77. The molecule has 26 heavy (non-hydrogen) atoms. The van der Waals surface area contributed by atoms with Crippen LogP contribution in [0.4, 0.5) is 11.4 Å². The molecule has 0 radical (unpaired) electrons. The van der Waals surface area contributed by atoms with Crippen LogP contribution in [-0.2, 0) is 41.5 Å². The molecule has 0 aliphatic carbocycles. The fourth-order valence-electron chi connectivity index (χ4n) is 3.20. The molecular formula is C18H20N2O6. The molecule has 0 bridgehead atoms. The minimum absolute atomic E-state index is 0.201. The minimum Gasteiger partial charge on any atom is -0.465 e. The van der Waals surface area contributed by atoms with Gasteiger partial charge in [0.05, 0.1) is 13.2 Å². The Kier molecular flexibility index (Phi) is 4.92. The van der Waals surface area contributed by atoms with Crippen molar-refractivity contribution in [2.45, 2.75) is 26.7 Å². The van der Waals surface area contributed by atoms with Gasteiger partial charge in [0.1, 0.15) is 11.8 Å². The molecule has 0 unspecified atom stereocenters. The van der Waals surface area contributed by atoms with Crippen molar-refractivity contribution in [1.29, 1.82) is 0 Å². The van der Waals surface area contributed by atoms with Crippen molar-refractivity contribution < 1.29 is 28.7 Å². The van der Waals surface area contributed by atoms with E-state index in [1.165, 1.54) is 0 Å². The molecule has 0 spiro atoms. The van der Waals surface area contributed by atoms with Crippen molar-refractivity contribution >= 4 is 35.1 Å². The maximum absolute atomic E-state index is 12.2. The Balaban J connectivity index is 1.87. The molecule has 2 aliphatic rings. The van der Waals surface area contributed by atoms with Gasteiger partial charge in [-0.1, -0.05) is 6.07 Å². The molecule has 2 amide bonds. The lowest BCUT2D eigenvalue weighted by molar-refractivity contribution is -0.152. The van der Waals surface area contributed by atoms with E-state index in [1.54, 1.807) is 19.9 Å². The van der Waals surface area contributed by atoms with E-state index < -0.39 is 35.6 Å². The van der Waals surface area contributed by atoms with Crippen LogP contribution < -0.4 is 10.6 Å². The van der Waals surface area contributed by atoms with Crippen LogP contribution in [0.5, 0.6) is 0 Å². The van der Waals surface area contributed by atoms with Crippen LogP contribution in [0.1, 0.15) is 25.0 Å². The molecule has 0 fully saturated rings. The van der Waals surface area contributed by atoms with Gasteiger partial charge in [0, 0.05) is 11.4 Å². The van der Waals surface area contributed by atoms with Gasteiger partial charge in [0.15, 0.2) is 0 Å². The van der Waals surface area contributed by atoms with E-state index in [4.69, 9.17) is 9.47 Å². The molecule has 0 saturated heterocycles.